The number of imidazole rings is 1. The Labute approximate surface area is 257 Å². The molecule has 2 unspecified atom stereocenters. The van der Waals surface area contributed by atoms with E-state index in [-0.39, 0.29) is 35.9 Å². The predicted molar refractivity (Wildman–Crippen MR) is 161 cm³/mol. The summed E-state index contributed by atoms with van der Waals surface area (Å²) in [7, 11) is 0. The first-order valence-electron chi connectivity index (χ1n) is 14.4. The van der Waals surface area contributed by atoms with Crippen LogP contribution in [0.15, 0.2) is 36.4 Å². The Morgan fingerprint density at radius 3 is 2.79 bits per heavy atom. The van der Waals surface area contributed by atoms with Crippen LogP contribution in [0.5, 0.6) is 11.6 Å². The summed E-state index contributed by atoms with van der Waals surface area (Å²) in [6.45, 7) is 6.15. The van der Waals surface area contributed by atoms with Crippen molar-refractivity contribution in [1.82, 2.24) is 19.4 Å². The van der Waals surface area contributed by atoms with Crippen LogP contribution >= 0.6 is 22.9 Å². The van der Waals surface area contributed by atoms with Gasteiger partial charge in [-0.25, -0.2) is 14.8 Å². The van der Waals surface area contributed by atoms with Crippen molar-refractivity contribution >= 4 is 45.7 Å². The van der Waals surface area contributed by atoms with E-state index in [0.717, 1.165) is 65.7 Å². The molecule has 1 aromatic carbocycles. The van der Waals surface area contributed by atoms with Gasteiger partial charge >= 0.3 is 5.97 Å². The molecule has 0 spiro atoms. The summed E-state index contributed by atoms with van der Waals surface area (Å²) in [6.07, 6.45) is 2.03. The minimum Gasteiger partial charge on any atom is -0.491 e. The topological polar surface area (TPSA) is 116 Å². The molecule has 6 heterocycles. The number of piperidine rings is 1. The van der Waals surface area contributed by atoms with Gasteiger partial charge in [-0.2, -0.15) is 0 Å². The van der Waals surface area contributed by atoms with Crippen LogP contribution in [0.2, 0.25) is 5.02 Å². The lowest BCUT2D eigenvalue weighted by molar-refractivity contribution is -0.0592. The minimum atomic E-state index is -0.949. The van der Waals surface area contributed by atoms with Crippen molar-refractivity contribution in [1.29, 1.82) is 0 Å². The highest BCUT2D eigenvalue weighted by molar-refractivity contribution is 7.14. The summed E-state index contributed by atoms with van der Waals surface area (Å²) < 4.78 is 20.0. The Hall–Kier alpha value is -3.51. The molecule has 0 radical (unpaired) electrons. The second-order valence-electron chi connectivity index (χ2n) is 11.4. The molecule has 0 aliphatic carbocycles. The molecule has 3 aromatic heterocycles. The Bertz CT molecular complexity index is 1720. The van der Waals surface area contributed by atoms with E-state index < -0.39 is 5.97 Å². The number of aromatic nitrogens is 3. The quantitative estimate of drug-likeness (QED) is 0.245. The molecule has 3 aliphatic heterocycles. The van der Waals surface area contributed by atoms with E-state index in [1.165, 1.54) is 18.3 Å². The average Bonchev–Trinajstić information content (AvgIpc) is 3.52. The SMILES string of the molecule is CC(=O)c1cc(Cl)c(COc2ccc3c(n2)C2CCN(Cc4nc5ccc(C(=O)O)cc5n4C[C@@H]4CCO4)CC2CO3)s1. The van der Waals surface area contributed by atoms with E-state index in [4.69, 9.17) is 35.8 Å². The molecule has 1 N–H and O–H groups in total. The highest BCUT2D eigenvalue weighted by Gasteiger charge is 2.37. The van der Waals surface area contributed by atoms with Gasteiger partial charge in [-0.3, -0.25) is 9.69 Å². The number of Topliss-reactive ketones (excluding diaryl/α,β-unsaturated/α-hetero) is 1. The molecule has 0 bridgehead atoms. The Balaban J connectivity index is 1.06. The number of thiophene rings is 1. The Kier molecular flexibility index (Phi) is 7.58. The van der Waals surface area contributed by atoms with E-state index >= 15 is 0 Å². The van der Waals surface area contributed by atoms with Crippen LogP contribution < -0.4 is 9.47 Å². The van der Waals surface area contributed by atoms with Crippen molar-refractivity contribution in [2.45, 2.75) is 51.5 Å². The minimum absolute atomic E-state index is 0.0171. The molecular formula is C31H31ClN4O6S. The standard InChI is InChI=1S/C31H31ClN4O6S/c1-17(37)26-11-22(32)27(43-26)16-42-29-5-4-25-30(34-29)21-6-8-35(12-19(21)15-41-25)14-28-33-23-3-2-18(31(38)39)10-24(23)36(28)13-20-7-9-40-20/h2-5,10-11,19-21H,6-9,12-16H2,1H3,(H,38,39)/t19?,20-,21?/m0/s1. The number of carbonyl (C=O) groups excluding carboxylic acids is 1. The number of fused-ring (bicyclic) bond motifs is 4. The summed E-state index contributed by atoms with van der Waals surface area (Å²) in [6, 6.07) is 10.5. The maximum atomic E-state index is 11.7. The molecule has 0 saturated carbocycles. The summed E-state index contributed by atoms with van der Waals surface area (Å²) in [5, 5.41) is 10.1. The molecule has 3 aliphatic rings. The molecule has 10 nitrogen and oxygen atoms in total. The van der Waals surface area contributed by atoms with Crippen molar-refractivity contribution in [2.24, 2.45) is 5.92 Å². The van der Waals surface area contributed by atoms with Gasteiger partial charge in [0.15, 0.2) is 5.78 Å². The number of carboxylic acids is 1. The fraction of sp³-hybridized carbons (Fsp3) is 0.419. The zero-order valence-corrected chi connectivity index (χ0v) is 25.2. The first-order chi connectivity index (χ1) is 20.8. The average molecular weight is 623 g/mol. The first kappa shape index (κ1) is 28.3. The Morgan fingerprint density at radius 1 is 1.19 bits per heavy atom. The monoisotopic (exact) mass is 622 g/mol. The van der Waals surface area contributed by atoms with E-state index in [1.54, 1.807) is 24.3 Å². The molecule has 3 atom stereocenters. The maximum Gasteiger partial charge on any atom is 0.335 e. The summed E-state index contributed by atoms with van der Waals surface area (Å²) in [5.74, 6) is 1.77. The second kappa shape index (κ2) is 11.5. The fourth-order valence-electron chi connectivity index (χ4n) is 6.17. The van der Waals surface area contributed by atoms with Gasteiger partial charge in [0.25, 0.3) is 0 Å². The van der Waals surface area contributed by atoms with Crippen LogP contribution in [0.1, 0.15) is 62.1 Å². The number of aromatic carboxylic acids is 1. The number of halogens is 1. The number of pyridine rings is 1. The van der Waals surface area contributed by atoms with Gasteiger partial charge in [0.2, 0.25) is 5.88 Å². The van der Waals surface area contributed by atoms with E-state index in [0.29, 0.717) is 35.5 Å². The lowest BCUT2D eigenvalue weighted by Gasteiger charge is -2.41. The van der Waals surface area contributed by atoms with E-state index in [1.807, 2.05) is 12.1 Å². The third-order valence-electron chi connectivity index (χ3n) is 8.56. The largest absolute Gasteiger partial charge is 0.491 e. The van der Waals surface area contributed by atoms with Gasteiger partial charge in [0.05, 0.1) is 62.9 Å². The maximum absolute atomic E-state index is 11.7. The number of nitrogens with zero attached hydrogens (tertiary/aromatic N) is 4. The third kappa shape index (κ3) is 5.62. The van der Waals surface area contributed by atoms with Gasteiger partial charge in [0.1, 0.15) is 18.2 Å². The van der Waals surface area contributed by atoms with Crippen LogP contribution in [0, 0.1) is 5.92 Å². The van der Waals surface area contributed by atoms with Gasteiger partial charge in [-0.15, -0.1) is 11.3 Å². The molecule has 2 fully saturated rings. The van der Waals surface area contributed by atoms with E-state index in [2.05, 4.69) is 9.47 Å². The molecule has 43 heavy (non-hydrogen) atoms. The molecule has 12 heteroatoms. The number of ketones is 1. The van der Waals surface area contributed by atoms with Gasteiger partial charge in [-0.05, 0) is 56.6 Å². The van der Waals surface area contributed by atoms with Crippen molar-refractivity contribution < 1.29 is 28.9 Å². The van der Waals surface area contributed by atoms with Gasteiger partial charge in [-0.1, -0.05) is 11.6 Å². The number of likely N-dealkylation sites (tertiary alicyclic amines) is 1. The lowest BCUT2D eigenvalue weighted by atomic mass is 9.81. The normalized spacial score (nSPS) is 21.5. The summed E-state index contributed by atoms with van der Waals surface area (Å²) in [4.78, 5) is 36.9. The lowest BCUT2D eigenvalue weighted by Crippen LogP contribution is -2.44. The van der Waals surface area contributed by atoms with Crippen LogP contribution in [0.25, 0.3) is 11.0 Å². The number of ether oxygens (including phenoxy) is 3. The molecule has 4 aromatic rings. The predicted octanol–water partition coefficient (Wildman–Crippen LogP) is 5.41. The molecule has 2 saturated heterocycles. The highest BCUT2D eigenvalue weighted by Crippen LogP contribution is 2.42. The first-order valence-corrected chi connectivity index (χ1v) is 15.6. The highest BCUT2D eigenvalue weighted by atomic mass is 35.5. The van der Waals surface area contributed by atoms with Crippen molar-refractivity contribution in [3.63, 3.8) is 0 Å². The fourth-order valence-corrected chi connectivity index (χ4v) is 7.37. The number of benzene rings is 1. The summed E-state index contributed by atoms with van der Waals surface area (Å²) in [5.41, 5.74) is 2.80. The Morgan fingerprint density at radius 2 is 2.05 bits per heavy atom. The van der Waals surface area contributed by atoms with Gasteiger partial charge < -0.3 is 23.9 Å². The smallest absolute Gasteiger partial charge is 0.335 e. The number of carboxylic acid groups (broad SMARTS) is 1. The number of hydrogen-bond acceptors (Lipinski definition) is 9. The third-order valence-corrected chi connectivity index (χ3v) is 10.2. The van der Waals surface area contributed by atoms with Crippen molar-refractivity contribution in [3.05, 3.63) is 68.3 Å². The zero-order chi connectivity index (χ0) is 29.7. The molecule has 0 amide bonds. The second-order valence-corrected chi connectivity index (χ2v) is 12.9. The number of rotatable bonds is 9. The van der Waals surface area contributed by atoms with Crippen LogP contribution in [0.4, 0.5) is 0 Å². The molecular weight excluding hydrogens is 592 g/mol. The zero-order valence-electron chi connectivity index (χ0n) is 23.6. The van der Waals surface area contributed by atoms with Crippen molar-refractivity contribution in [3.8, 4) is 11.6 Å². The van der Waals surface area contributed by atoms with Crippen molar-refractivity contribution in [2.75, 3.05) is 26.3 Å². The van der Waals surface area contributed by atoms with E-state index in [9.17, 15) is 14.7 Å². The molecule has 224 valence electrons. The molecule has 7 rings (SSSR count). The van der Waals surface area contributed by atoms with Crippen LogP contribution in [-0.4, -0.2) is 68.7 Å². The summed E-state index contributed by atoms with van der Waals surface area (Å²) >= 11 is 7.66. The van der Waals surface area contributed by atoms with Gasteiger partial charge in [0, 0.05) is 31.1 Å². The van der Waals surface area contributed by atoms with Crippen LogP contribution in [-0.2, 0) is 24.4 Å². The number of hydrogen-bond donors (Lipinski definition) is 1. The van der Waals surface area contributed by atoms with Crippen LogP contribution in [0.3, 0.4) is 0 Å². The number of carbonyl (C=O) groups is 2.